The van der Waals surface area contributed by atoms with Gasteiger partial charge in [0.05, 0.1) is 67.5 Å². The molecule has 3 saturated carbocycles. The quantitative estimate of drug-likeness (QED) is 0.0213. The van der Waals surface area contributed by atoms with Crippen molar-refractivity contribution in [3.8, 4) is 34.5 Å². The number of anilines is 1. The standard InChI is InChI=1S/C21H24F2N2O2.C21H25FN2O2.C19H20F2N2O2.C16H16F2N2O2.C16H12FN3O2S.C16H17FN2O2/c1-14(15-5-3-2-4-6-15)25-21(26)16-7-8-19(24-12-16)13-27-20-10-17(22)9-18(23)11-20;1-15(16-6-3-2-4-7-16)24-21(25)17-10-11-19(23-13-17)14-26-20-9-5-8-18(22)12-20;20-14-8-15(21)10-18(9-14)25-12-17-7-6-13(11-22-17)19(24)23-16-4-2-1-3-5-16;1-10(2)20-16(21)11-3-4-14(19-8-11)9-22-15-6-12(17)5-13(18)7-15;17-12-2-1-3-14(8-12)22-10-13-5-4-11(9-19-13)15(21)20-16-18-6-7-23-16;1-11(2)19-16(20)12-6-7-14(18-9-12)10-21-15-5-3-4-13(17)8-15/h7-12,14-15H,2-6,13H2,1H3,(H,25,26);5,8-13,15-16H,2-4,6-7,14H2,1H3,(H,24,25);6-11,16H,1-5,12H2,(H,23,24);3-8,10H,9H2,1-2H3,(H,20,21);1-9H,10H2,(H,18,20,21);3-9,11H,10H2,1-2H3,(H,19,20)/t14-;15-;;;;/m00..../s1. The summed E-state index contributed by atoms with van der Waals surface area (Å²) in [6.45, 7) is 12.5. The molecule has 7 aromatic heterocycles. The van der Waals surface area contributed by atoms with Crippen LogP contribution in [0.15, 0.2) is 249 Å². The van der Waals surface area contributed by atoms with E-state index in [1.165, 1.54) is 137 Å². The van der Waals surface area contributed by atoms with Crippen LogP contribution in [-0.2, 0) is 39.6 Å². The number of carbonyl (C=O) groups excluding carboxylic acids is 6. The van der Waals surface area contributed by atoms with Crippen LogP contribution in [0.1, 0.15) is 234 Å². The Morgan fingerprint density at radius 3 is 0.806 bits per heavy atom. The summed E-state index contributed by atoms with van der Waals surface area (Å²) < 4.78 is 150. The van der Waals surface area contributed by atoms with Crippen molar-refractivity contribution in [2.75, 3.05) is 5.32 Å². The van der Waals surface area contributed by atoms with E-state index in [1.54, 1.807) is 127 Å². The van der Waals surface area contributed by atoms with E-state index in [0.29, 0.717) is 102 Å². The van der Waals surface area contributed by atoms with Crippen LogP contribution in [0.4, 0.5) is 44.6 Å². The number of nitrogens with zero attached hydrogens (tertiary/aromatic N) is 7. The van der Waals surface area contributed by atoms with Crippen molar-refractivity contribution >= 4 is 51.9 Å². The zero-order valence-corrected chi connectivity index (χ0v) is 81.2. The first-order chi connectivity index (χ1) is 69.4. The predicted molar refractivity (Wildman–Crippen MR) is 526 cm³/mol. The minimum Gasteiger partial charge on any atom is -0.487 e. The number of hydrogen-bond acceptors (Lipinski definition) is 20. The number of halogens is 9. The summed E-state index contributed by atoms with van der Waals surface area (Å²) in [6.07, 6.45) is 28.4. The Bertz CT molecular complexity index is 6180. The van der Waals surface area contributed by atoms with Gasteiger partial charge in [-0.05, 0) is 201 Å². The van der Waals surface area contributed by atoms with Crippen LogP contribution >= 0.6 is 11.3 Å². The number of amides is 6. The third-order valence-corrected chi connectivity index (χ3v) is 23.3. The van der Waals surface area contributed by atoms with Crippen LogP contribution in [0.2, 0.25) is 0 Å². The lowest BCUT2D eigenvalue weighted by Crippen LogP contribution is -2.38. The second-order valence-corrected chi connectivity index (χ2v) is 35.7. The highest BCUT2D eigenvalue weighted by Crippen LogP contribution is 2.30. The van der Waals surface area contributed by atoms with Gasteiger partial charge in [-0.3, -0.25) is 64.0 Å². The summed E-state index contributed by atoms with van der Waals surface area (Å²) in [5, 5.41) is 19.7. The zero-order chi connectivity index (χ0) is 103. The number of hydrogen-bond donors (Lipinski definition) is 6. The van der Waals surface area contributed by atoms with E-state index in [1.807, 2.05) is 27.7 Å². The zero-order valence-electron chi connectivity index (χ0n) is 80.4. The number of pyridine rings is 6. The molecule has 3 fully saturated rings. The highest BCUT2D eigenvalue weighted by Gasteiger charge is 2.26. The van der Waals surface area contributed by atoms with Crippen molar-refractivity contribution in [1.82, 2.24) is 61.5 Å². The lowest BCUT2D eigenvalue weighted by atomic mass is 9.84. The predicted octanol–water partition coefficient (Wildman–Crippen LogP) is 22.7. The lowest BCUT2D eigenvalue weighted by Gasteiger charge is -2.28. The SMILES string of the molecule is CC(C)NC(=O)c1ccc(COc2cc(F)cc(F)c2)nc1.CC(C)NC(=O)c1ccc(COc2cccc(F)c2)nc1.C[C@H](NC(=O)c1ccc(COc2cc(F)cc(F)c2)nc1)C1CCCCC1.C[C@H](NC(=O)c1ccc(COc2cccc(F)c2)nc1)C1CCCCC1.O=C(NC1CCCCC1)c1ccc(COc2cc(F)cc(F)c2)nc1.O=C(Nc1nccs1)c1ccc(COc2cccc(F)c2)nc1. The number of benzene rings is 6. The lowest BCUT2D eigenvalue weighted by molar-refractivity contribution is 0.0910. The van der Waals surface area contributed by atoms with Gasteiger partial charge in [-0.15, -0.1) is 11.3 Å². The number of nitrogens with one attached hydrogen (secondary N) is 6. The van der Waals surface area contributed by atoms with Gasteiger partial charge < -0.3 is 55.0 Å². The Kier molecular flexibility index (Phi) is 43.3. The molecule has 3 aliphatic carbocycles. The average molecular weight is 2000 g/mol. The maximum atomic E-state index is 13.2. The van der Waals surface area contributed by atoms with Crippen molar-refractivity contribution in [2.45, 2.75) is 208 Å². The third-order valence-electron chi connectivity index (χ3n) is 22.6. The molecule has 0 aliphatic heterocycles. The molecule has 6 N–H and O–H groups in total. The van der Waals surface area contributed by atoms with E-state index in [-0.39, 0.29) is 140 Å². The molecular formula is C109H114F9N13O12S. The van der Waals surface area contributed by atoms with E-state index in [2.05, 4.69) is 80.6 Å². The van der Waals surface area contributed by atoms with Gasteiger partial charge >= 0.3 is 0 Å². The second kappa shape index (κ2) is 57.1. The molecule has 0 saturated heterocycles. The summed E-state index contributed by atoms with van der Waals surface area (Å²) in [6, 6.07) is 47.6. The fourth-order valence-electron chi connectivity index (χ4n) is 15.1. The first-order valence-corrected chi connectivity index (χ1v) is 48.2. The normalized spacial score (nSPS) is 13.3. The molecule has 2 atom stereocenters. The molecule has 0 unspecified atom stereocenters. The van der Waals surface area contributed by atoms with Gasteiger partial charge in [0.25, 0.3) is 35.4 Å². The minimum atomic E-state index is -0.705. The molecule has 144 heavy (non-hydrogen) atoms. The molecule has 7 heterocycles. The summed E-state index contributed by atoms with van der Waals surface area (Å²) >= 11 is 1.34. The Morgan fingerprint density at radius 1 is 0.292 bits per heavy atom. The number of carbonyl (C=O) groups is 6. The number of rotatable bonds is 32. The molecule has 25 nitrogen and oxygen atoms in total. The molecule has 16 rings (SSSR count). The summed E-state index contributed by atoms with van der Waals surface area (Å²) in [7, 11) is 0. The van der Waals surface area contributed by atoms with Crippen LogP contribution in [0.5, 0.6) is 34.5 Å². The average Bonchev–Trinajstić information content (AvgIpc) is 1.08. The molecule has 0 spiro atoms. The van der Waals surface area contributed by atoms with Gasteiger partial charge in [-0.2, -0.15) is 0 Å². The van der Waals surface area contributed by atoms with Gasteiger partial charge in [-0.1, -0.05) is 76.0 Å². The number of ether oxygens (including phenoxy) is 6. The number of aromatic nitrogens is 7. The molecule has 13 aromatic rings. The van der Waals surface area contributed by atoms with Crippen molar-refractivity contribution in [3.05, 3.63) is 369 Å². The molecule has 35 heteroatoms. The topological polar surface area (TPSA) is 320 Å². The Labute approximate surface area is 833 Å². The van der Waals surface area contributed by atoms with Crippen LogP contribution < -0.4 is 60.3 Å². The Hall–Kier alpha value is -15.2. The van der Waals surface area contributed by atoms with E-state index in [9.17, 15) is 68.3 Å². The second-order valence-electron chi connectivity index (χ2n) is 34.8. The molecule has 0 bridgehead atoms. The maximum absolute atomic E-state index is 13.2. The van der Waals surface area contributed by atoms with E-state index in [4.69, 9.17) is 28.4 Å². The van der Waals surface area contributed by atoms with Crippen molar-refractivity contribution in [3.63, 3.8) is 0 Å². The minimum absolute atomic E-state index is 0.0402. The van der Waals surface area contributed by atoms with E-state index >= 15 is 0 Å². The fourth-order valence-corrected chi connectivity index (χ4v) is 15.6. The first kappa shape index (κ1) is 109. The van der Waals surface area contributed by atoms with Gasteiger partial charge in [-0.25, -0.2) is 44.5 Å². The third kappa shape index (κ3) is 38.7. The molecule has 3 aliphatic rings. The highest BCUT2D eigenvalue weighted by atomic mass is 32.1. The fraction of sp³-hybridized carbons (Fsp3) is 0.312. The largest absolute Gasteiger partial charge is 0.487 e. The van der Waals surface area contributed by atoms with Gasteiger partial charge in [0.1, 0.15) is 126 Å². The Balaban J connectivity index is 0.000000165. The molecule has 0 radical (unpaired) electrons. The van der Waals surface area contributed by atoms with Gasteiger partial charge in [0.2, 0.25) is 0 Å². The molecule has 6 amide bonds. The molecule has 756 valence electrons. The summed E-state index contributed by atoms with van der Waals surface area (Å²) in [4.78, 5) is 102. The van der Waals surface area contributed by atoms with Crippen molar-refractivity contribution in [1.29, 1.82) is 0 Å². The number of thiazole rings is 1. The van der Waals surface area contributed by atoms with Crippen molar-refractivity contribution < 1.29 is 96.7 Å². The maximum Gasteiger partial charge on any atom is 0.259 e. The van der Waals surface area contributed by atoms with E-state index in [0.717, 1.165) is 93.1 Å². The monoisotopic (exact) mass is 2000 g/mol. The first-order valence-electron chi connectivity index (χ1n) is 47.3. The molecular weight excluding hydrogens is 1890 g/mol. The van der Waals surface area contributed by atoms with Gasteiger partial charge in [0.15, 0.2) is 5.13 Å². The van der Waals surface area contributed by atoms with E-state index < -0.39 is 34.9 Å². The smallest absolute Gasteiger partial charge is 0.259 e. The molecule has 6 aromatic carbocycles. The Morgan fingerprint density at radius 2 is 0.549 bits per heavy atom. The van der Waals surface area contributed by atoms with Gasteiger partial charge in [0, 0.05) is 152 Å². The van der Waals surface area contributed by atoms with Crippen LogP contribution in [0.3, 0.4) is 0 Å². The summed E-state index contributed by atoms with van der Waals surface area (Å²) in [5.74, 6) is -3.52. The van der Waals surface area contributed by atoms with Crippen LogP contribution in [0, 0.1) is 64.2 Å². The van der Waals surface area contributed by atoms with Crippen molar-refractivity contribution in [2.24, 2.45) is 11.8 Å². The summed E-state index contributed by atoms with van der Waals surface area (Å²) in [5.41, 5.74) is 6.56. The van der Waals surface area contributed by atoms with Crippen LogP contribution in [-0.4, -0.2) is 101 Å². The highest BCUT2D eigenvalue weighted by molar-refractivity contribution is 7.13. The van der Waals surface area contributed by atoms with Crippen LogP contribution in [0.25, 0.3) is 0 Å².